The monoisotopic (exact) mass is 345 g/mol. The highest BCUT2D eigenvalue weighted by Gasteiger charge is 2.07. The van der Waals surface area contributed by atoms with E-state index in [0.29, 0.717) is 30.0 Å². The molecule has 0 aliphatic rings. The van der Waals surface area contributed by atoms with Gasteiger partial charge < -0.3 is 10.6 Å². The normalized spacial score (nSPS) is 10.3. The highest BCUT2D eigenvalue weighted by molar-refractivity contribution is 5.93. The lowest BCUT2D eigenvalue weighted by Crippen LogP contribution is -2.25. The third-order valence-electron chi connectivity index (χ3n) is 3.97. The number of anilines is 1. The van der Waals surface area contributed by atoms with Crippen LogP contribution in [0.3, 0.4) is 0 Å². The standard InChI is InChI=1S/C20H19N5O/c1-14-3-4-16-12-17(13-21)19(25-18(16)11-14)23-7-2-8-24-20(26)15-5-9-22-10-6-15/h3-6,9-12H,2,7-8H2,1H3,(H,23,25)(H,24,26). The molecule has 26 heavy (non-hydrogen) atoms. The number of carbonyl (C=O) groups is 1. The quantitative estimate of drug-likeness (QED) is 0.670. The van der Waals surface area contributed by atoms with Crippen LogP contribution in [0.25, 0.3) is 10.9 Å². The maximum absolute atomic E-state index is 11.9. The number of aryl methyl sites for hydroxylation is 1. The van der Waals surface area contributed by atoms with Crippen molar-refractivity contribution >= 4 is 22.6 Å². The molecule has 0 saturated carbocycles. The molecule has 0 radical (unpaired) electrons. The van der Waals surface area contributed by atoms with Crippen molar-refractivity contribution in [2.24, 2.45) is 0 Å². The summed E-state index contributed by atoms with van der Waals surface area (Å²) in [5, 5.41) is 16.3. The molecule has 0 spiro atoms. The van der Waals surface area contributed by atoms with Gasteiger partial charge >= 0.3 is 0 Å². The maximum Gasteiger partial charge on any atom is 0.251 e. The number of nitriles is 1. The fourth-order valence-electron chi connectivity index (χ4n) is 2.60. The number of hydrogen-bond donors (Lipinski definition) is 2. The van der Waals surface area contributed by atoms with E-state index in [2.05, 4.69) is 26.7 Å². The van der Waals surface area contributed by atoms with Gasteiger partial charge in [-0.05, 0) is 43.2 Å². The van der Waals surface area contributed by atoms with Gasteiger partial charge in [-0.2, -0.15) is 5.26 Å². The van der Waals surface area contributed by atoms with E-state index in [4.69, 9.17) is 0 Å². The van der Waals surface area contributed by atoms with E-state index in [1.807, 2.05) is 31.2 Å². The Balaban J connectivity index is 1.56. The number of carbonyl (C=O) groups excluding carboxylic acids is 1. The molecule has 0 unspecified atom stereocenters. The molecule has 0 aliphatic heterocycles. The van der Waals surface area contributed by atoms with Crippen LogP contribution in [0.1, 0.15) is 27.9 Å². The minimum Gasteiger partial charge on any atom is -0.369 e. The van der Waals surface area contributed by atoms with Gasteiger partial charge in [0.15, 0.2) is 0 Å². The van der Waals surface area contributed by atoms with Crippen molar-refractivity contribution in [1.29, 1.82) is 5.26 Å². The van der Waals surface area contributed by atoms with Gasteiger partial charge in [0.2, 0.25) is 0 Å². The summed E-state index contributed by atoms with van der Waals surface area (Å²) in [6.07, 6.45) is 3.90. The number of fused-ring (bicyclic) bond motifs is 1. The summed E-state index contributed by atoms with van der Waals surface area (Å²) in [7, 11) is 0. The molecule has 1 aromatic carbocycles. The molecule has 3 rings (SSSR count). The van der Waals surface area contributed by atoms with E-state index in [9.17, 15) is 10.1 Å². The summed E-state index contributed by atoms with van der Waals surface area (Å²) < 4.78 is 0. The molecule has 130 valence electrons. The second kappa shape index (κ2) is 8.08. The minimum absolute atomic E-state index is 0.121. The Labute approximate surface area is 151 Å². The van der Waals surface area contributed by atoms with Crippen molar-refractivity contribution in [1.82, 2.24) is 15.3 Å². The molecule has 0 aliphatic carbocycles. The van der Waals surface area contributed by atoms with Gasteiger partial charge in [-0.15, -0.1) is 0 Å². The van der Waals surface area contributed by atoms with Gasteiger partial charge in [0.05, 0.1) is 11.1 Å². The number of hydrogen-bond acceptors (Lipinski definition) is 5. The number of aromatic nitrogens is 2. The second-order valence-electron chi connectivity index (χ2n) is 5.96. The number of rotatable bonds is 6. The smallest absolute Gasteiger partial charge is 0.251 e. The van der Waals surface area contributed by atoms with Crippen molar-refractivity contribution in [3.63, 3.8) is 0 Å². The van der Waals surface area contributed by atoms with E-state index >= 15 is 0 Å². The number of pyridine rings is 2. The van der Waals surface area contributed by atoms with E-state index in [1.54, 1.807) is 24.5 Å². The summed E-state index contributed by atoms with van der Waals surface area (Å²) in [4.78, 5) is 20.4. The molecule has 1 amide bonds. The first-order valence-corrected chi connectivity index (χ1v) is 8.41. The third kappa shape index (κ3) is 4.14. The summed E-state index contributed by atoms with van der Waals surface area (Å²) in [6, 6.07) is 13.3. The molecule has 2 N–H and O–H groups in total. The van der Waals surface area contributed by atoms with Crippen LogP contribution in [0.4, 0.5) is 5.82 Å². The molecule has 0 saturated heterocycles. The Kier molecular flexibility index (Phi) is 5.40. The average Bonchev–Trinajstić information content (AvgIpc) is 2.67. The maximum atomic E-state index is 11.9. The first kappa shape index (κ1) is 17.4. The summed E-state index contributed by atoms with van der Waals surface area (Å²) >= 11 is 0. The van der Waals surface area contributed by atoms with Crippen LogP contribution in [-0.4, -0.2) is 29.0 Å². The zero-order chi connectivity index (χ0) is 18.4. The van der Waals surface area contributed by atoms with Crippen LogP contribution in [0.5, 0.6) is 0 Å². The lowest BCUT2D eigenvalue weighted by molar-refractivity contribution is 0.0953. The molecule has 0 fully saturated rings. The predicted molar refractivity (Wildman–Crippen MR) is 101 cm³/mol. The van der Waals surface area contributed by atoms with Crippen molar-refractivity contribution in [3.05, 3.63) is 65.5 Å². The fourth-order valence-corrected chi connectivity index (χ4v) is 2.60. The molecule has 6 heteroatoms. The van der Waals surface area contributed by atoms with Gasteiger partial charge in [-0.3, -0.25) is 9.78 Å². The molecule has 2 heterocycles. The number of amides is 1. The van der Waals surface area contributed by atoms with E-state index < -0.39 is 0 Å². The minimum atomic E-state index is -0.121. The van der Waals surface area contributed by atoms with Crippen LogP contribution < -0.4 is 10.6 Å². The Bertz CT molecular complexity index is 963. The van der Waals surface area contributed by atoms with Crippen LogP contribution in [0.15, 0.2) is 48.8 Å². The second-order valence-corrected chi connectivity index (χ2v) is 5.96. The largest absolute Gasteiger partial charge is 0.369 e. The lowest BCUT2D eigenvalue weighted by atomic mass is 10.1. The molecule has 6 nitrogen and oxygen atoms in total. The Morgan fingerprint density at radius 2 is 1.96 bits per heavy atom. The predicted octanol–water partition coefficient (Wildman–Crippen LogP) is 3.04. The Morgan fingerprint density at radius 3 is 2.73 bits per heavy atom. The summed E-state index contributed by atoms with van der Waals surface area (Å²) in [5.41, 5.74) is 3.09. The van der Waals surface area contributed by atoms with Crippen LogP contribution >= 0.6 is 0 Å². The molecular weight excluding hydrogens is 326 g/mol. The topological polar surface area (TPSA) is 90.7 Å². The zero-order valence-electron chi connectivity index (χ0n) is 14.5. The van der Waals surface area contributed by atoms with Gasteiger partial charge in [0.1, 0.15) is 11.9 Å². The molecule has 0 atom stereocenters. The molecule has 2 aromatic heterocycles. The third-order valence-corrected chi connectivity index (χ3v) is 3.97. The van der Waals surface area contributed by atoms with Crippen molar-refractivity contribution in [2.45, 2.75) is 13.3 Å². The molecular formula is C20H19N5O. The average molecular weight is 345 g/mol. The number of benzene rings is 1. The van der Waals surface area contributed by atoms with Gasteiger partial charge in [-0.25, -0.2) is 4.98 Å². The van der Waals surface area contributed by atoms with Gasteiger partial charge in [0, 0.05) is 36.4 Å². The highest BCUT2D eigenvalue weighted by Crippen LogP contribution is 2.21. The molecule has 3 aromatic rings. The van der Waals surface area contributed by atoms with Crippen LogP contribution in [0.2, 0.25) is 0 Å². The van der Waals surface area contributed by atoms with E-state index in [1.165, 1.54) is 0 Å². The van der Waals surface area contributed by atoms with Crippen molar-refractivity contribution in [2.75, 3.05) is 18.4 Å². The number of nitrogens with zero attached hydrogens (tertiary/aromatic N) is 3. The van der Waals surface area contributed by atoms with Crippen molar-refractivity contribution in [3.8, 4) is 6.07 Å². The number of nitrogens with one attached hydrogen (secondary N) is 2. The SMILES string of the molecule is Cc1ccc2cc(C#N)c(NCCCNC(=O)c3ccncc3)nc2c1. The van der Waals surface area contributed by atoms with E-state index in [0.717, 1.165) is 22.9 Å². The van der Waals surface area contributed by atoms with E-state index in [-0.39, 0.29) is 5.91 Å². The van der Waals surface area contributed by atoms with Crippen LogP contribution in [0, 0.1) is 18.3 Å². The lowest BCUT2D eigenvalue weighted by Gasteiger charge is -2.10. The van der Waals surface area contributed by atoms with Crippen molar-refractivity contribution < 1.29 is 4.79 Å². The highest BCUT2D eigenvalue weighted by atomic mass is 16.1. The molecule has 0 bridgehead atoms. The van der Waals surface area contributed by atoms with Crippen LogP contribution in [-0.2, 0) is 0 Å². The fraction of sp³-hybridized carbons (Fsp3) is 0.200. The Morgan fingerprint density at radius 1 is 1.15 bits per heavy atom. The summed E-state index contributed by atoms with van der Waals surface area (Å²) in [6.45, 7) is 3.15. The summed E-state index contributed by atoms with van der Waals surface area (Å²) in [5.74, 6) is 0.454. The first-order chi connectivity index (χ1) is 12.7. The Hall–Kier alpha value is -3.46. The first-order valence-electron chi connectivity index (χ1n) is 8.41. The zero-order valence-corrected chi connectivity index (χ0v) is 14.5. The van der Waals surface area contributed by atoms with Gasteiger partial charge in [0.25, 0.3) is 5.91 Å². The van der Waals surface area contributed by atoms with Gasteiger partial charge in [-0.1, -0.05) is 12.1 Å².